The summed E-state index contributed by atoms with van der Waals surface area (Å²) < 4.78 is 0. The maximum absolute atomic E-state index is 12.3. The smallest absolute Gasteiger partial charge is 0.224 e. The predicted molar refractivity (Wildman–Crippen MR) is 93.7 cm³/mol. The van der Waals surface area contributed by atoms with E-state index in [4.69, 9.17) is 0 Å². The van der Waals surface area contributed by atoms with E-state index in [9.17, 15) is 9.59 Å². The molecule has 0 radical (unpaired) electrons. The van der Waals surface area contributed by atoms with Gasteiger partial charge < -0.3 is 9.80 Å². The Balaban J connectivity index is 1.71. The van der Waals surface area contributed by atoms with Gasteiger partial charge in [0.1, 0.15) is 0 Å². The molecule has 1 fully saturated rings. The molecule has 1 aromatic rings. The molecule has 6 heteroatoms. The van der Waals surface area contributed by atoms with Gasteiger partial charge in [0.15, 0.2) is 0 Å². The number of nitrogens with one attached hydrogen (secondary N) is 1. The molecule has 1 saturated heterocycles. The molecule has 0 unspecified atom stereocenters. The zero-order valence-corrected chi connectivity index (χ0v) is 15.2. The van der Waals surface area contributed by atoms with Crippen molar-refractivity contribution in [1.29, 1.82) is 0 Å². The van der Waals surface area contributed by atoms with Crippen molar-refractivity contribution in [2.45, 2.75) is 58.8 Å². The van der Waals surface area contributed by atoms with Crippen LogP contribution in [0.25, 0.3) is 0 Å². The first-order valence-electron chi connectivity index (χ1n) is 9.01. The lowest BCUT2D eigenvalue weighted by atomic mass is 10.1. The Morgan fingerprint density at radius 1 is 1.29 bits per heavy atom. The topological polar surface area (TPSA) is 69.3 Å². The molecule has 0 atom stereocenters. The van der Waals surface area contributed by atoms with E-state index in [0.717, 1.165) is 56.6 Å². The van der Waals surface area contributed by atoms with Crippen molar-refractivity contribution in [1.82, 2.24) is 20.0 Å². The summed E-state index contributed by atoms with van der Waals surface area (Å²) in [5.74, 6) is 0.321. The number of carbonyl (C=O) groups is 2. The highest BCUT2D eigenvalue weighted by atomic mass is 16.2. The number of aryl methyl sites for hydroxylation is 2. The van der Waals surface area contributed by atoms with E-state index in [1.54, 1.807) is 4.90 Å². The fraction of sp³-hybridized carbons (Fsp3) is 0.722. The molecule has 134 valence electrons. The average molecular weight is 334 g/mol. The number of H-pyrrole nitrogens is 1. The maximum atomic E-state index is 12.3. The lowest BCUT2D eigenvalue weighted by molar-refractivity contribution is -0.133. The minimum atomic E-state index is 0.118. The van der Waals surface area contributed by atoms with Crippen LogP contribution in [-0.4, -0.2) is 58.5 Å². The lowest BCUT2D eigenvalue weighted by Crippen LogP contribution is -2.35. The number of aromatic amines is 1. The average Bonchev–Trinajstić information content (AvgIpc) is 2.75. The molecule has 24 heavy (non-hydrogen) atoms. The molecule has 2 heterocycles. The summed E-state index contributed by atoms with van der Waals surface area (Å²) in [5, 5.41) is 7.20. The van der Waals surface area contributed by atoms with Crippen LogP contribution >= 0.6 is 0 Å². The Kier molecular flexibility index (Phi) is 6.82. The van der Waals surface area contributed by atoms with Crippen LogP contribution in [0.2, 0.25) is 0 Å². The monoisotopic (exact) mass is 334 g/mol. The third-order valence-electron chi connectivity index (χ3n) is 4.89. The molecule has 0 saturated carbocycles. The summed E-state index contributed by atoms with van der Waals surface area (Å²) in [5.41, 5.74) is 3.41. The SMILES string of the molecule is Cc1n[nH]c(C)c1CCCN(C)C(=O)CCN1CCCCCC1=O. The molecule has 2 rings (SSSR count). The molecular weight excluding hydrogens is 304 g/mol. The number of nitrogens with zero attached hydrogens (tertiary/aromatic N) is 3. The highest BCUT2D eigenvalue weighted by Gasteiger charge is 2.18. The largest absolute Gasteiger partial charge is 0.346 e. The van der Waals surface area contributed by atoms with Crippen LogP contribution in [0.15, 0.2) is 0 Å². The normalized spacial score (nSPS) is 15.5. The van der Waals surface area contributed by atoms with Crippen LogP contribution < -0.4 is 0 Å². The number of rotatable bonds is 7. The summed E-state index contributed by atoms with van der Waals surface area (Å²) in [4.78, 5) is 27.9. The number of likely N-dealkylation sites (tertiary alicyclic amines) is 1. The highest BCUT2D eigenvalue weighted by Crippen LogP contribution is 2.13. The second-order valence-corrected chi connectivity index (χ2v) is 6.77. The molecule has 0 aromatic carbocycles. The molecule has 1 aliphatic heterocycles. The quantitative estimate of drug-likeness (QED) is 0.831. The number of amides is 2. The van der Waals surface area contributed by atoms with E-state index >= 15 is 0 Å². The standard InChI is InChI=1S/C18H30N4O2/c1-14-16(15(2)20-19-14)8-7-11-21(3)17(23)10-13-22-12-6-4-5-9-18(22)24/h4-13H2,1-3H3,(H,19,20). The molecule has 2 amide bonds. The summed E-state index contributed by atoms with van der Waals surface area (Å²) in [6, 6.07) is 0. The van der Waals surface area contributed by atoms with E-state index in [1.165, 1.54) is 5.56 Å². The van der Waals surface area contributed by atoms with Gasteiger partial charge in [0.25, 0.3) is 0 Å². The van der Waals surface area contributed by atoms with Gasteiger partial charge in [-0.05, 0) is 45.1 Å². The number of hydrogen-bond donors (Lipinski definition) is 1. The van der Waals surface area contributed by atoms with Crippen molar-refractivity contribution in [2.75, 3.05) is 26.7 Å². The summed E-state index contributed by atoms with van der Waals surface area (Å²) >= 11 is 0. The Hall–Kier alpha value is -1.85. The van der Waals surface area contributed by atoms with Crippen molar-refractivity contribution < 1.29 is 9.59 Å². The van der Waals surface area contributed by atoms with Gasteiger partial charge in [-0.2, -0.15) is 5.10 Å². The van der Waals surface area contributed by atoms with Crippen LogP contribution in [-0.2, 0) is 16.0 Å². The first kappa shape index (κ1) is 18.5. The number of aromatic nitrogens is 2. The van der Waals surface area contributed by atoms with Gasteiger partial charge in [-0.15, -0.1) is 0 Å². The van der Waals surface area contributed by atoms with Gasteiger partial charge in [-0.1, -0.05) is 6.42 Å². The third kappa shape index (κ3) is 5.08. The molecule has 1 aromatic heterocycles. The second kappa shape index (κ2) is 8.85. The highest BCUT2D eigenvalue weighted by molar-refractivity contribution is 5.79. The van der Waals surface area contributed by atoms with E-state index in [-0.39, 0.29) is 11.8 Å². The van der Waals surface area contributed by atoms with Gasteiger partial charge >= 0.3 is 0 Å². The fourth-order valence-electron chi connectivity index (χ4n) is 3.26. The second-order valence-electron chi connectivity index (χ2n) is 6.77. The third-order valence-corrected chi connectivity index (χ3v) is 4.89. The summed E-state index contributed by atoms with van der Waals surface area (Å²) in [6.45, 7) is 6.13. The summed E-state index contributed by atoms with van der Waals surface area (Å²) in [7, 11) is 1.85. The zero-order chi connectivity index (χ0) is 17.5. The van der Waals surface area contributed by atoms with Gasteiger partial charge in [-0.3, -0.25) is 14.7 Å². The Labute approximate surface area is 144 Å². The Morgan fingerprint density at radius 3 is 2.79 bits per heavy atom. The Bertz CT molecular complexity index is 548. The van der Waals surface area contributed by atoms with Gasteiger partial charge in [-0.25, -0.2) is 0 Å². The van der Waals surface area contributed by atoms with E-state index in [0.29, 0.717) is 19.4 Å². The molecule has 1 N–H and O–H groups in total. The van der Waals surface area contributed by atoms with Crippen LogP contribution in [0.3, 0.4) is 0 Å². The maximum Gasteiger partial charge on any atom is 0.224 e. The van der Waals surface area contributed by atoms with E-state index < -0.39 is 0 Å². The fourth-order valence-corrected chi connectivity index (χ4v) is 3.26. The first-order chi connectivity index (χ1) is 11.5. The molecular formula is C18H30N4O2. The van der Waals surface area contributed by atoms with Crippen molar-refractivity contribution in [3.8, 4) is 0 Å². The molecule has 6 nitrogen and oxygen atoms in total. The van der Waals surface area contributed by atoms with E-state index in [2.05, 4.69) is 10.2 Å². The van der Waals surface area contributed by atoms with Gasteiger partial charge in [0.2, 0.25) is 11.8 Å². The van der Waals surface area contributed by atoms with Crippen LogP contribution in [0.5, 0.6) is 0 Å². The zero-order valence-electron chi connectivity index (χ0n) is 15.2. The van der Waals surface area contributed by atoms with Crippen molar-refractivity contribution in [2.24, 2.45) is 0 Å². The van der Waals surface area contributed by atoms with Gasteiger partial charge in [0, 0.05) is 45.2 Å². The van der Waals surface area contributed by atoms with Crippen molar-refractivity contribution in [3.05, 3.63) is 17.0 Å². The lowest BCUT2D eigenvalue weighted by Gasteiger charge is -2.22. The van der Waals surface area contributed by atoms with Crippen LogP contribution in [0.4, 0.5) is 0 Å². The van der Waals surface area contributed by atoms with E-state index in [1.807, 2.05) is 25.8 Å². The minimum Gasteiger partial charge on any atom is -0.346 e. The van der Waals surface area contributed by atoms with Crippen LogP contribution in [0, 0.1) is 13.8 Å². The minimum absolute atomic E-state index is 0.118. The first-order valence-corrected chi connectivity index (χ1v) is 9.01. The van der Waals surface area contributed by atoms with Gasteiger partial charge in [0.05, 0.1) is 5.69 Å². The number of hydrogen-bond acceptors (Lipinski definition) is 3. The molecule has 1 aliphatic rings. The molecule has 0 bridgehead atoms. The molecule has 0 spiro atoms. The molecule has 0 aliphatic carbocycles. The predicted octanol–water partition coefficient (Wildman–Crippen LogP) is 2.21. The number of carbonyl (C=O) groups excluding carboxylic acids is 2. The van der Waals surface area contributed by atoms with Crippen molar-refractivity contribution in [3.63, 3.8) is 0 Å². The van der Waals surface area contributed by atoms with Crippen LogP contribution in [0.1, 0.15) is 55.5 Å². The Morgan fingerprint density at radius 2 is 2.08 bits per heavy atom. The van der Waals surface area contributed by atoms with Crippen molar-refractivity contribution >= 4 is 11.8 Å². The summed E-state index contributed by atoms with van der Waals surface area (Å²) in [6.07, 6.45) is 6.06.